The van der Waals surface area contributed by atoms with Gasteiger partial charge >= 0.3 is 6.01 Å². The molecule has 0 aromatic carbocycles. The van der Waals surface area contributed by atoms with Crippen molar-refractivity contribution in [2.75, 3.05) is 23.8 Å². The van der Waals surface area contributed by atoms with E-state index in [-0.39, 0.29) is 6.10 Å². The summed E-state index contributed by atoms with van der Waals surface area (Å²) in [5, 5.41) is 3.13. The Balaban J connectivity index is 3.00. The minimum atomic E-state index is 0.0353. The molecule has 21 heavy (non-hydrogen) atoms. The van der Waals surface area contributed by atoms with Crippen LogP contribution in [-0.2, 0) is 0 Å². The van der Waals surface area contributed by atoms with Crippen LogP contribution in [0.25, 0.3) is 0 Å². The van der Waals surface area contributed by atoms with E-state index in [0.717, 1.165) is 13.0 Å². The molecule has 1 unspecified atom stereocenters. The molecule has 0 spiro atoms. The number of nitrogens with one attached hydrogen (secondary N) is 1. The van der Waals surface area contributed by atoms with Crippen molar-refractivity contribution in [3.05, 3.63) is 0 Å². The van der Waals surface area contributed by atoms with E-state index in [1.54, 1.807) is 0 Å². The first-order chi connectivity index (χ1) is 9.83. The van der Waals surface area contributed by atoms with Gasteiger partial charge in [0, 0.05) is 19.6 Å². The molecule has 1 atom stereocenters. The van der Waals surface area contributed by atoms with Gasteiger partial charge in [0.2, 0.25) is 11.9 Å². The molecule has 1 aromatic heterocycles. The third-order valence-corrected chi connectivity index (χ3v) is 3.07. The summed E-state index contributed by atoms with van der Waals surface area (Å²) in [4.78, 5) is 15.3. The summed E-state index contributed by atoms with van der Waals surface area (Å²) < 4.78 is 5.62. The molecule has 0 radical (unpaired) electrons. The Morgan fingerprint density at radius 1 is 1.10 bits per heavy atom. The van der Waals surface area contributed by atoms with E-state index in [9.17, 15) is 0 Å². The smallest absolute Gasteiger partial charge is 0.323 e. The van der Waals surface area contributed by atoms with E-state index in [4.69, 9.17) is 4.74 Å². The van der Waals surface area contributed by atoms with Gasteiger partial charge in [-0.1, -0.05) is 13.8 Å². The largest absolute Gasteiger partial charge is 0.461 e. The Morgan fingerprint density at radius 3 is 2.29 bits per heavy atom. The normalized spacial score (nSPS) is 12.6. The summed E-state index contributed by atoms with van der Waals surface area (Å²) in [6.07, 6.45) is 1.12. The first kappa shape index (κ1) is 17.5. The predicted octanol–water partition coefficient (Wildman–Crippen LogP) is 2.96. The summed E-state index contributed by atoms with van der Waals surface area (Å²) >= 11 is 0. The molecule has 1 aromatic rings. The van der Waals surface area contributed by atoms with Crippen molar-refractivity contribution in [3.8, 4) is 6.01 Å². The fourth-order valence-corrected chi connectivity index (χ4v) is 2.04. The number of rotatable bonds is 8. The van der Waals surface area contributed by atoms with Crippen LogP contribution in [0.5, 0.6) is 6.01 Å². The van der Waals surface area contributed by atoms with Crippen LogP contribution in [0.4, 0.5) is 11.9 Å². The third-order valence-electron chi connectivity index (χ3n) is 3.07. The molecule has 0 aliphatic rings. The minimum Gasteiger partial charge on any atom is -0.461 e. The van der Waals surface area contributed by atoms with Gasteiger partial charge in [-0.05, 0) is 40.0 Å². The highest BCUT2D eigenvalue weighted by Crippen LogP contribution is 2.19. The molecule has 0 saturated carbocycles. The topological polar surface area (TPSA) is 63.2 Å². The molecule has 0 fully saturated rings. The number of hydrogen-bond donors (Lipinski definition) is 1. The second-order valence-electron chi connectivity index (χ2n) is 6.03. The van der Waals surface area contributed by atoms with E-state index in [1.165, 1.54) is 0 Å². The number of nitrogens with zero attached hydrogens (tertiary/aromatic N) is 4. The van der Waals surface area contributed by atoms with Crippen molar-refractivity contribution in [2.24, 2.45) is 5.92 Å². The van der Waals surface area contributed by atoms with Crippen LogP contribution in [-0.4, -0.2) is 40.7 Å². The van der Waals surface area contributed by atoms with Gasteiger partial charge < -0.3 is 15.0 Å². The average Bonchev–Trinajstić information content (AvgIpc) is 2.36. The standard InChI is InChI=1S/C15H29N5O/c1-8-16-13-17-14(19-15(18-13)21-11(4)5)20(7)12(6)9-10(2)3/h10-12H,8-9H2,1-7H3,(H,16,17,18,19). The van der Waals surface area contributed by atoms with Crippen LogP contribution < -0.4 is 15.0 Å². The lowest BCUT2D eigenvalue weighted by molar-refractivity contribution is 0.222. The van der Waals surface area contributed by atoms with Gasteiger partial charge in [-0.15, -0.1) is 0 Å². The number of anilines is 2. The maximum atomic E-state index is 5.62. The summed E-state index contributed by atoms with van der Waals surface area (Å²) in [6.45, 7) is 13.3. The Labute approximate surface area is 128 Å². The Morgan fingerprint density at radius 2 is 1.76 bits per heavy atom. The Bertz CT molecular complexity index is 436. The summed E-state index contributed by atoms with van der Waals surface area (Å²) in [5.41, 5.74) is 0. The second-order valence-corrected chi connectivity index (χ2v) is 6.03. The SMILES string of the molecule is CCNc1nc(OC(C)C)nc(N(C)C(C)CC(C)C)n1. The van der Waals surface area contributed by atoms with Gasteiger partial charge in [0.15, 0.2) is 0 Å². The molecule has 1 N–H and O–H groups in total. The monoisotopic (exact) mass is 295 g/mol. The highest BCUT2D eigenvalue weighted by molar-refractivity contribution is 5.38. The molecule has 6 heteroatoms. The maximum Gasteiger partial charge on any atom is 0.323 e. The van der Waals surface area contributed by atoms with Gasteiger partial charge in [-0.25, -0.2) is 0 Å². The fraction of sp³-hybridized carbons (Fsp3) is 0.800. The highest BCUT2D eigenvalue weighted by atomic mass is 16.5. The highest BCUT2D eigenvalue weighted by Gasteiger charge is 2.17. The van der Waals surface area contributed by atoms with Crippen LogP contribution in [0.1, 0.15) is 48.0 Å². The molecular formula is C15H29N5O. The number of hydrogen-bond acceptors (Lipinski definition) is 6. The first-order valence-corrected chi connectivity index (χ1v) is 7.72. The van der Waals surface area contributed by atoms with E-state index in [1.807, 2.05) is 27.8 Å². The quantitative estimate of drug-likeness (QED) is 0.795. The molecule has 6 nitrogen and oxygen atoms in total. The third kappa shape index (κ3) is 5.73. The van der Waals surface area contributed by atoms with Crippen LogP contribution in [0.3, 0.4) is 0 Å². The average molecular weight is 295 g/mol. The van der Waals surface area contributed by atoms with E-state index in [0.29, 0.717) is 29.9 Å². The van der Waals surface area contributed by atoms with Crippen molar-refractivity contribution in [1.29, 1.82) is 0 Å². The Kier molecular flexibility index (Phi) is 6.65. The van der Waals surface area contributed by atoms with Crippen molar-refractivity contribution in [2.45, 2.75) is 60.1 Å². The molecule has 0 aliphatic carbocycles. The number of ether oxygens (including phenoxy) is 1. The van der Waals surface area contributed by atoms with Gasteiger partial charge in [0.1, 0.15) is 0 Å². The zero-order chi connectivity index (χ0) is 16.0. The van der Waals surface area contributed by atoms with Gasteiger partial charge in [0.25, 0.3) is 0 Å². The van der Waals surface area contributed by atoms with Crippen LogP contribution in [0.15, 0.2) is 0 Å². The molecular weight excluding hydrogens is 266 g/mol. The first-order valence-electron chi connectivity index (χ1n) is 7.72. The molecule has 0 bridgehead atoms. The molecule has 1 rings (SSSR count). The van der Waals surface area contributed by atoms with E-state index in [2.05, 4.69) is 45.9 Å². The lowest BCUT2D eigenvalue weighted by atomic mass is 10.0. The van der Waals surface area contributed by atoms with Crippen molar-refractivity contribution in [3.63, 3.8) is 0 Å². The van der Waals surface area contributed by atoms with Gasteiger partial charge in [-0.3, -0.25) is 0 Å². The van der Waals surface area contributed by atoms with E-state index >= 15 is 0 Å². The lowest BCUT2D eigenvalue weighted by Crippen LogP contribution is -2.32. The van der Waals surface area contributed by atoms with Gasteiger partial charge in [0.05, 0.1) is 6.10 Å². The molecule has 120 valence electrons. The lowest BCUT2D eigenvalue weighted by Gasteiger charge is -2.26. The van der Waals surface area contributed by atoms with Gasteiger partial charge in [-0.2, -0.15) is 15.0 Å². The number of aromatic nitrogens is 3. The predicted molar refractivity (Wildman–Crippen MR) is 87.1 cm³/mol. The summed E-state index contributed by atoms with van der Waals surface area (Å²) in [5.74, 6) is 1.83. The van der Waals surface area contributed by atoms with E-state index < -0.39 is 0 Å². The van der Waals surface area contributed by atoms with Crippen molar-refractivity contribution >= 4 is 11.9 Å². The van der Waals surface area contributed by atoms with Crippen LogP contribution in [0, 0.1) is 5.92 Å². The summed E-state index contributed by atoms with van der Waals surface area (Å²) in [7, 11) is 2.01. The molecule has 1 heterocycles. The van der Waals surface area contributed by atoms with Crippen molar-refractivity contribution < 1.29 is 4.74 Å². The zero-order valence-corrected chi connectivity index (χ0v) is 14.3. The van der Waals surface area contributed by atoms with Crippen molar-refractivity contribution in [1.82, 2.24) is 15.0 Å². The second kappa shape index (κ2) is 8.00. The fourth-order valence-electron chi connectivity index (χ4n) is 2.04. The molecule has 0 aliphatic heterocycles. The zero-order valence-electron chi connectivity index (χ0n) is 14.3. The maximum absolute atomic E-state index is 5.62. The molecule has 0 amide bonds. The minimum absolute atomic E-state index is 0.0353. The van der Waals surface area contributed by atoms with Crippen LogP contribution >= 0.6 is 0 Å². The summed E-state index contributed by atoms with van der Waals surface area (Å²) in [6, 6.07) is 0.725. The Hall–Kier alpha value is -1.59. The molecule has 0 saturated heterocycles. The van der Waals surface area contributed by atoms with Crippen LogP contribution in [0.2, 0.25) is 0 Å².